The molecule has 0 saturated carbocycles. The van der Waals surface area contributed by atoms with Gasteiger partial charge >= 0.3 is 25.4 Å². The van der Waals surface area contributed by atoms with Gasteiger partial charge in [-0.2, -0.15) is 0 Å². The lowest BCUT2D eigenvalue weighted by atomic mass is 10.1. The lowest BCUT2D eigenvalue weighted by molar-refractivity contribution is -0.205. The quantitative estimate of drug-likeness (QED) is 0.0129. The molecule has 5 atom stereocenters. The zero-order valence-electron chi connectivity index (χ0n) is 93.8. The smallest absolute Gasteiger partial charge is 0.327 e. The van der Waals surface area contributed by atoms with E-state index in [0.29, 0.717) is 65.1 Å². The number of carbonyl (C=O) groups excluding carboxylic acids is 3. The van der Waals surface area contributed by atoms with E-state index < -0.39 is 45.6 Å². The first-order chi connectivity index (χ1) is 69.4. The van der Waals surface area contributed by atoms with Crippen LogP contribution in [0.3, 0.4) is 0 Å². The van der Waals surface area contributed by atoms with E-state index in [1.807, 2.05) is 27.7 Å². The van der Waals surface area contributed by atoms with Gasteiger partial charge in [0.15, 0.2) is 6.80 Å². The highest BCUT2D eigenvalue weighted by Gasteiger charge is 2.21. The van der Waals surface area contributed by atoms with Gasteiger partial charge in [0.1, 0.15) is 26.7 Å². The minimum Gasteiger partial charge on any atom is -0.780 e. The average Bonchev–Trinajstić information content (AvgIpc) is 0.920. The summed E-state index contributed by atoms with van der Waals surface area (Å²) in [5.74, 6) is -0.800. The van der Waals surface area contributed by atoms with E-state index in [2.05, 4.69) is 110 Å². The number of nitrogens with one attached hydrogen (secondary N) is 3. The zero-order valence-corrected chi connectivity index (χ0v) is 102. The molecule has 0 aliphatic rings. The molecule has 0 radical (unpaired) electrons. The number of hydrogen-bond acceptors (Lipinski definition) is 27. The summed E-state index contributed by atoms with van der Waals surface area (Å²) in [6.45, 7) is 24.4. The van der Waals surface area contributed by atoms with Crippen LogP contribution in [0, 0.1) is 13.1 Å². The molecule has 144 heavy (non-hydrogen) atoms. The molecule has 3 amide bonds. The third-order valence-electron chi connectivity index (χ3n) is 22.2. The second-order valence-electron chi connectivity index (χ2n) is 35.1. The minimum absolute atomic E-state index is 0.170. The first-order valence-electron chi connectivity index (χ1n) is 56.2. The van der Waals surface area contributed by atoms with Crippen molar-refractivity contribution in [3.63, 3.8) is 0 Å². The molecule has 0 aromatic heterocycles. The summed E-state index contributed by atoms with van der Waals surface area (Å²) >= 11 is 24.2. The largest absolute Gasteiger partial charge is 0.780 e. The van der Waals surface area contributed by atoms with Gasteiger partial charge < -0.3 is 124 Å². The molecule has 0 fully saturated rings. The van der Waals surface area contributed by atoms with Crippen molar-refractivity contribution < 1.29 is 103 Å². The standard InChI is InChI=1S/C22H43N2O4PS.2C19H40NO4PS.2C12H24O2.C10H21N2O3PS.C7H18NO3PS.2C2H6/c1-4-5-6-7-8-9-10-11-14-17-22(25)24-18-15-12-13-16-20-27-29(30,26-3)28-21-19-23-2;2*1-3-4-5-6-7-8-9-10-13-16-19(21)20-17-14-11-12-15-18-24-25(22,26)23-2;2*1-2-3-4-5-6-7-8-9-10-11-12(13)14;1-12-8-10-15-16(17,13-2)14-9-6-4-3-5-7-11;1-10-12(9,13)11-7-5-3-2-4-6-8;2*1-2/h4-21H2,1,3H3,(H,24,25);2*3-18H2,1-2H3,(H,20,21)(H,22,26);2*2-11H2,1H3,(H,13,14);3-11H2,2H3;2-8H2,1H3,(H,9,13);2*1-2H3/p-3. The van der Waals surface area contributed by atoms with Crippen molar-refractivity contribution in [1.82, 2.24) is 16.0 Å². The molecule has 0 rings (SSSR count). The fourth-order valence-corrected chi connectivity index (χ4v) is 18.4. The van der Waals surface area contributed by atoms with Gasteiger partial charge in [-0.1, -0.05) is 407 Å². The molecular formula is C105H219N7O22P5S5-3. The van der Waals surface area contributed by atoms with Gasteiger partial charge in [-0.25, -0.2) is 13.1 Å². The molecule has 0 saturated heterocycles. The number of carbonyl (C=O) groups is 5. The number of carboxylic acids is 2. The lowest BCUT2D eigenvalue weighted by Gasteiger charge is -2.24. The van der Waals surface area contributed by atoms with Crippen molar-refractivity contribution in [3.8, 4) is 0 Å². The molecule has 0 heterocycles. The molecule has 0 spiro atoms. The van der Waals surface area contributed by atoms with Crippen LogP contribution in [0.4, 0.5) is 0 Å². The first-order valence-corrected chi connectivity index (χ1v) is 69.0. The molecule has 0 aromatic rings. The molecule has 0 aliphatic carbocycles. The maximum absolute atomic E-state index is 11.9. The van der Waals surface area contributed by atoms with Crippen molar-refractivity contribution in [2.45, 2.75) is 512 Å². The third-order valence-corrected chi connectivity index (χ3v) is 32.3. The summed E-state index contributed by atoms with van der Waals surface area (Å²) < 4.78 is 71.8. The van der Waals surface area contributed by atoms with Crippen LogP contribution >= 0.6 is 33.7 Å². The summed E-state index contributed by atoms with van der Waals surface area (Å²) in [5, 5.41) is 25.8. The Morgan fingerprint density at radius 2 is 0.472 bits per heavy atom. The molecule has 5 unspecified atom stereocenters. The van der Waals surface area contributed by atoms with Crippen molar-refractivity contribution in [2.75, 3.05) is 128 Å². The van der Waals surface area contributed by atoms with E-state index in [9.17, 15) is 38.3 Å². The van der Waals surface area contributed by atoms with Gasteiger partial charge in [0.2, 0.25) is 30.8 Å². The highest BCUT2D eigenvalue weighted by Crippen LogP contribution is 2.50. The fourth-order valence-electron chi connectivity index (χ4n) is 13.6. The van der Waals surface area contributed by atoms with Gasteiger partial charge in [0.25, 0.3) is 0 Å². The van der Waals surface area contributed by atoms with E-state index in [1.165, 1.54) is 260 Å². The van der Waals surface area contributed by atoms with Crippen LogP contribution in [-0.4, -0.2) is 167 Å². The van der Waals surface area contributed by atoms with Crippen LogP contribution in [0.25, 0.3) is 9.69 Å². The number of nitrogens with two attached hydrogens (primary N) is 2. The van der Waals surface area contributed by atoms with Crippen LogP contribution in [0.15, 0.2) is 0 Å². The summed E-state index contributed by atoms with van der Waals surface area (Å²) in [5.41, 5.74) is 10.7. The van der Waals surface area contributed by atoms with Crippen LogP contribution in [0.1, 0.15) is 512 Å². The average molecular weight is 2250 g/mol. The van der Waals surface area contributed by atoms with Crippen molar-refractivity contribution in [2.24, 2.45) is 11.5 Å². The lowest BCUT2D eigenvalue weighted by Crippen LogP contribution is -2.23. The van der Waals surface area contributed by atoms with Gasteiger partial charge in [-0.15, -0.1) is 0 Å². The fraction of sp³-hybridized carbons (Fsp3) is 0.933. The number of aliphatic carboxylic acids is 2. The number of nitrogens with zero attached hydrogens (tertiary/aromatic N) is 2. The van der Waals surface area contributed by atoms with Crippen LogP contribution in [0.2, 0.25) is 0 Å². The Kier molecular flexibility index (Phi) is 149. The van der Waals surface area contributed by atoms with E-state index in [1.54, 1.807) is 0 Å². The number of hydrogen-bond donors (Lipinski definition) is 7. The Hall–Kier alpha value is -1.13. The van der Waals surface area contributed by atoms with Gasteiger partial charge in [-0.05, 0) is 133 Å². The second kappa shape index (κ2) is 134. The van der Waals surface area contributed by atoms with Crippen molar-refractivity contribution in [1.29, 1.82) is 0 Å². The first kappa shape index (κ1) is 160. The predicted octanol–water partition coefficient (Wildman–Crippen LogP) is 30.3. The second-order valence-corrected chi connectivity index (χ2v) is 49.9. The summed E-state index contributed by atoms with van der Waals surface area (Å²) in [6, 6.07) is 0. The molecule has 29 nitrogen and oxygen atoms in total. The van der Waals surface area contributed by atoms with Crippen molar-refractivity contribution in [3.05, 3.63) is 22.8 Å². The monoisotopic (exact) mass is 2250 g/mol. The molecule has 0 aliphatic heterocycles. The van der Waals surface area contributed by atoms with Crippen LogP contribution < -0.4 is 37.2 Å². The van der Waals surface area contributed by atoms with E-state index in [-0.39, 0.29) is 44.0 Å². The van der Waals surface area contributed by atoms with E-state index in [4.69, 9.17) is 99.2 Å². The Balaban J connectivity index is -0.000000214. The van der Waals surface area contributed by atoms with Gasteiger partial charge in [0.05, 0.1) is 33.0 Å². The summed E-state index contributed by atoms with van der Waals surface area (Å²) in [7, 11) is 6.85. The molecule has 39 heteroatoms. The highest BCUT2D eigenvalue weighted by atomic mass is 32.7. The summed E-state index contributed by atoms with van der Waals surface area (Å²) in [6.07, 6.45) is 78.7. The van der Waals surface area contributed by atoms with Gasteiger partial charge in [-0.3, -0.25) is 28.5 Å². The maximum atomic E-state index is 11.9. The number of amides is 3. The maximum Gasteiger partial charge on any atom is 0.327 e. The normalized spacial score (nSPS) is 12.8. The Morgan fingerprint density at radius 1 is 0.285 bits per heavy atom. The number of unbranched alkanes of at least 4 members (excludes halogenated alkanes) is 55. The Morgan fingerprint density at radius 3 is 0.674 bits per heavy atom. The molecular weight excluding hydrogens is 2030 g/mol. The van der Waals surface area contributed by atoms with E-state index in [0.717, 1.165) is 225 Å². The highest BCUT2D eigenvalue weighted by molar-refractivity contribution is 8.32. The van der Waals surface area contributed by atoms with Crippen molar-refractivity contribution >= 4 is 123 Å². The number of rotatable bonds is 99. The minimum atomic E-state index is -3.25. The summed E-state index contributed by atoms with van der Waals surface area (Å²) in [4.78, 5) is 84.5. The Bertz CT molecular complexity index is 2910. The number of carboxylic acid groups (broad SMARTS) is 2. The van der Waals surface area contributed by atoms with E-state index >= 15 is 0 Å². The molecule has 0 bridgehead atoms. The third kappa shape index (κ3) is 152. The van der Waals surface area contributed by atoms with Gasteiger partial charge in [0, 0.05) is 87.3 Å². The molecule has 864 valence electrons. The Labute approximate surface area is 909 Å². The predicted molar refractivity (Wildman–Crippen MR) is 618 cm³/mol. The zero-order chi connectivity index (χ0) is 110. The molecule has 9 N–H and O–H groups in total. The van der Waals surface area contributed by atoms with Crippen LogP contribution in [-0.2, 0) is 142 Å². The topological polar surface area (TPSA) is 397 Å². The molecule has 0 aromatic carbocycles. The SMILES string of the molecule is CC.CC.CCCCCCCCCCCC(=O)NCCCCCCOP(=O)([S-])OC.CCCCCCCCCCCC(=O)NCCCCCCOP([O-])(=S)OC.CCCCCCCCCCCC(=O)O.CCCCCCCCCCCC(=O)O.COP([O-])(=S)OCCCCCCN.[C-]#[N+]CCOP(=S)(OC)OCCCCCCN.[C-]#[N+]CCOP(=S)(OC)OCCCCCCNC(=O)CCCCCCCCCCC. The van der Waals surface area contributed by atoms with Crippen LogP contribution in [0.5, 0.6) is 0 Å².